The first-order chi connectivity index (χ1) is 14.7. The van der Waals surface area contributed by atoms with Crippen molar-refractivity contribution in [1.82, 2.24) is 0 Å². The summed E-state index contributed by atoms with van der Waals surface area (Å²) in [6.45, 7) is 6.28. The van der Waals surface area contributed by atoms with Crippen molar-refractivity contribution in [2.75, 3.05) is 6.61 Å². The van der Waals surface area contributed by atoms with Crippen LogP contribution in [0.5, 0.6) is 5.75 Å². The lowest BCUT2D eigenvalue weighted by atomic mass is 9.97. The van der Waals surface area contributed by atoms with E-state index in [1.54, 1.807) is 12.1 Å². The minimum atomic E-state index is -0.231. The molecule has 0 aliphatic carbocycles. The summed E-state index contributed by atoms with van der Waals surface area (Å²) in [6, 6.07) is 25.8. The predicted octanol–water partition coefficient (Wildman–Crippen LogP) is 7.83. The summed E-state index contributed by atoms with van der Waals surface area (Å²) in [7, 11) is 0. The molecule has 0 saturated heterocycles. The van der Waals surface area contributed by atoms with E-state index in [1.165, 1.54) is 16.3 Å². The van der Waals surface area contributed by atoms with Crippen molar-refractivity contribution < 1.29 is 9.13 Å². The molecule has 0 saturated carbocycles. The van der Waals surface area contributed by atoms with E-state index in [1.807, 2.05) is 36.4 Å². The molecular formula is C28H25FO. The first kappa shape index (κ1) is 19.9. The van der Waals surface area contributed by atoms with E-state index in [9.17, 15) is 4.39 Å². The topological polar surface area (TPSA) is 9.23 Å². The molecule has 30 heavy (non-hydrogen) atoms. The second-order valence-electron chi connectivity index (χ2n) is 7.46. The third-order valence-electron chi connectivity index (χ3n) is 5.28. The smallest absolute Gasteiger partial charge is 0.131 e. The number of halogens is 1. The Labute approximate surface area is 177 Å². The van der Waals surface area contributed by atoms with Gasteiger partial charge in [-0.3, -0.25) is 0 Å². The third kappa shape index (κ3) is 4.28. The molecule has 0 aliphatic rings. The fourth-order valence-corrected chi connectivity index (χ4v) is 3.73. The fraction of sp³-hybridized carbons (Fsp3) is 0.143. The second-order valence-corrected chi connectivity index (χ2v) is 7.46. The molecule has 0 fully saturated rings. The van der Waals surface area contributed by atoms with E-state index >= 15 is 0 Å². The quantitative estimate of drug-likeness (QED) is 0.289. The Morgan fingerprint density at radius 3 is 2.20 bits per heavy atom. The van der Waals surface area contributed by atoms with Crippen molar-refractivity contribution in [2.45, 2.75) is 19.8 Å². The summed E-state index contributed by atoms with van der Waals surface area (Å²) in [5.74, 6) is 0.514. The summed E-state index contributed by atoms with van der Waals surface area (Å²) >= 11 is 0. The normalized spacial score (nSPS) is 10.9. The van der Waals surface area contributed by atoms with Gasteiger partial charge in [-0.1, -0.05) is 80.6 Å². The van der Waals surface area contributed by atoms with Crippen LogP contribution in [0.25, 0.3) is 33.0 Å². The van der Waals surface area contributed by atoms with Crippen LogP contribution in [0.2, 0.25) is 0 Å². The molecule has 0 aromatic heterocycles. The molecule has 150 valence electrons. The van der Waals surface area contributed by atoms with Gasteiger partial charge in [-0.2, -0.15) is 0 Å². The highest BCUT2D eigenvalue weighted by Gasteiger charge is 2.09. The van der Waals surface area contributed by atoms with E-state index in [0.29, 0.717) is 12.2 Å². The summed E-state index contributed by atoms with van der Waals surface area (Å²) in [5.41, 5.74) is 4.66. The molecule has 1 nitrogen and oxygen atoms in total. The molecule has 0 spiro atoms. The van der Waals surface area contributed by atoms with Gasteiger partial charge in [0.15, 0.2) is 0 Å². The summed E-state index contributed by atoms with van der Waals surface area (Å²) in [5, 5.41) is 2.40. The van der Waals surface area contributed by atoms with E-state index in [0.717, 1.165) is 35.3 Å². The van der Waals surface area contributed by atoms with Gasteiger partial charge < -0.3 is 4.74 Å². The van der Waals surface area contributed by atoms with Gasteiger partial charge in [-0.05, 0) is 63.7 Å². The lowest BCUT2D eigenvalue weighted by molar-refractivity contribution is 0.363. The zero-order valence-electron chi connectivity index (χ0n) is 17.2. The monoisotopic (exact) mass is 396 g/mol. The molecule has 0 bridgehead atoms. The van der Waals surface area contributed by atoms with Crippen LogP contribution in [0, 0.1) is 5.82 Å². The molecule has 4 rings (SSSR count). The molecule has 0 amide bonds. The standard InChI is InChI=1S/C28H25FO/c1-3-5-20-6-7-23-18-24(9-8-22(23)17-20)25-12-15-27(28(29)19-25)21-10-13-26(14-11-21)30-16-4-2/h4,6-15,17-19H,2-3,5,16H2,1H3. The Morgan fingerprint density at radius 2 is 1.47 bits per heavy atom. The van der Waals surface area contributed by atoms with Crippen molar-refractivity contribution in [2.24, 2.45) is 0 Å². The maximum atomic E-state index is 14.9. The van der Waals surface area contributed by atoms with Crippen LogP contribution in [0.1, 0.15) is 18.9 Å². The highest BCUT2D eigenvalue weighted by atomic mass is 19.1. The lowest BCUT2D eigenvalue weighted by Crippen LogP contribution is -1.92. The summed E-state index contributed by atoms with van der Waals surface area (Å²) < 4.78 is 20.4. The zero-order chi connectivity index (χ0) is 20.9. The van der Waals surface area contributed by atoms with Crippen LogP contribution in [-0.2, 0) is 6.42 Å². The molecular weight excluding hydrogens is 371 g/mol. The van der Waals surface area contributed by atoms with Crippen molar-refractivity contribution in [3.63, 3.8) is 0 Å². The molecule has 0 heterocycles. The first-order valence-corrected chi connectivity index (χ1v) is 10.3. The van der Waals surface area contributed by atoms with E-state index in [4.69, 9.17) is 4.74 Å². The van der Waals surface area contributed by atoms with Crippen LogP contribution in [0.4, 0.5) is 4.39 Å². The highest BCUT2D eigenvalue weighted by molar-refractivity contribution is 5.88. The number of ether oxygens (including phenoxy) is 1. The second kappa shape index (κ2) is 8.96. The van der Waals surface area contributed by atoms with E-state index in [-0.39, 0.29) is 5.82 Å². The average Bonchev–Trinajstić information content (AvgIpc) is 2.78. The molecule has 0 N–H and O–H groups in total. The maximum Gasteiger partial charge on any atom is 0.131 e. The van der Waals surface area contributed by atoms with Crippen molar-refractivity contribution >= 4 is 10.8 Å². The third-order valence-corrected chi connectivity index (χ3v) is 5.28. The number of hydrogen-bond acceptors (Lipinski definition) is 1. The Kier molecular flexibility index (Phi) is 5.94. The van der Waals surface area contributed by atoms with Gasteiger partial charge in [-0.15, -0.1) is 0 Å². The molecule has 0 unspecified atom stereocenters. The molecule has 0 atom stereocenters. The number of aryl methyl sites for hydroxylation is 1. The van der Waals surface area contributed by atoms with E-state index < -0.39 is 0 Å². The average molecular weight is 397 g/mol. The molecule has 2 heteroatoms. The number of hydrogen-bond donors (Lipinski definition) is 0. The van der Waals surface area contributed by atoms with Gasteiger partial charge in [0.05, 0.1) is 0 Å². The van der Waals surface area contributed by atoms with Crippen LogP contribution in [0.3, 0.4) is 0 Å². The Balaban J connectivity index is 1.61. The summed E-state index contributed by atoms with van der Waals surface area (Å²) in [6.07, 6.45) is 3.93. The zero-order valence-corrected chi connectivity index (χ0v) is 17.2. The van der Waals surface area contributed by atoms with Crippen molar-refractivity contribution in [3.8, 4) is 28.0 Å². The van der Waals surface area contributed by atoms with Gasteiger partial charge in [-0.25, -0.2) is 4.39 Å². The van der Waals surface area contributed by atoms with Crippen LogP contribution < -0.4 is 4.74 Å². The van der Waals surface area contributed by atoms with Gasteiger partial charge in [0.1, 0.15) is 18.2 Å². The molecule has 0 aliphatic heterocycles. The van der Waals surface area contributed by atoms with Gasteiger partial charge >= 0.3 is 0 Å². The minimum Gasteiger partial charge on any atom is -0.490 e. The van der Waals surface area contributed by atoms with Gasteiger partial charge in [0.2, 0.25) is 0 Å². The lowest BCUT2D eigenvalue weighted by Gasteiger charge is -2.10. The first-order valence-electron chi connectivity index (χ1n) is 10.3. The fourth-order valence-electron chi connectivity index (χ4n) is 3.73. The molecule has 4 aromatic carbocycles. The van der Waals surface area contributed by atoms with Crippen LogP contribution in [-0.4, -0.2) is 6.61 Å². The van der Waals surface area contributed by atoms with Crippen molar-refractivity contribution in [3.05, 3.63) is 103 Å². The largest absolute Gasteiger partial charge is 0.490 e. The van der Waals surface area contributed by atoms with Crippen molar-refractivity contribution in [1.29, 1.82) is 0 Å². The molecule has 0 radical (unpaired) electrons. The van der Waals surface area contributed by atoms with Crippen LogP contribution >= 0.6 is 0 Å². The van der Waals surface area contributed by atoms with Gasteiger partial charge in [0.25, 0.3) is 0 Å². The number of rotatable bonds is 7. The Bertz CT molecular complexity index is 1180. The van der Waals surface area contributed by atoms with E-state index in [2.05, 4.69) is 49.9 Å². The molecule has 4 aromatic rings. The number of fused-ring (bicyclic) bond motifs is 1. The predicted molar refractivity (Wildman–Crippen MR) is 124 cm³/mol. The Morgan fingerprint density at radius 1 is 0.800 bits per heavy atom. The maximum absolute atomic E-state index is 14.9. The number of benzene rings is 4. The SMILES string of the molecule is C=CCOc1ccc(-c2ccc(-c3ccc4cc(CCC)ccc4c3)cc2F)cc1. The van der Waals surface area contributed by atoms with Crippen LogP contribution in [0.15, 0.2) is 91.5 Å². The summed E-state index contributed by atoms with van der Waals surface area (Å²) in [4.78, 5) is 0. The highest BCUT2D eigenvalue weighted by Crippen LogP contribution is 2.31. The minimum absolute atomic E-state index is 0.231. The van der Waals surface area contributed by atoms with Gasteiger partial charge in [0, 0.05) is 5.56 Å². The Hall–Kier alpha value is -3.39.